The molecule has 0 aliphatic rings. The number of phenols is 1. The molecular formula is C21H24BrO2-. The number of phenolic OH excluding ortho intramolecular Hbond substituents is 1. The third-order valence-corrected chi connectivity index (χ3v) is 3.64. The second-order valence-corrected chi connectivity index (χ2v) is 5.51. The number of allylic oxidation sites excluding steroid dienone is 2. The van der Waals surface area contributed by atoms with Gasteiger partial charge in [-0.05, 0) is 60.2 Å². The number of ether oxygens (including phenoxy) is 1. The van der Waals surface area contributed by atoms with Crippen molar-refractivity contribution in [2.45, 2.75) is 26.2 Å². The second kappa shape index (κ2) is 9.99. The van der Waals surface area contributed by atoms with E-state index < -0.39 is 0 Å². The molecule has 0 heterocycles. The van der Waals surface area contributed by atoms with Crippen molar-refractivity contribution in [3.05, 3.63) is 72.8 Å². The van der Waals surface area contributed by atoms with Crippen LogP contribution < -0.4 is 21.7 Å². The summed E-state index contributed by atoms with van der Waals surface area (Å²) in [6.45, 7) is 10.3. The Labute approximate surface area is 155 Å². The van der Waals surface area contributed by atoms with E-state index in [9.17, 15) is 5.11 Å². The minimum Gasteiger partial charge on any atom is -1.00 e. The first-order chi connectivity index (χ1) is 11.2. The van der Waals surface area contributed by atoms with Crippen LogP contribution in [0.4, 0.5) is 0 Å². The lowest BCUT2D eigenvalue weighted by atomic mass is 9.97. The molecule has 0 fully saturated rings. The summed E-state index contributed by atoms with van der Waals surface area (Å²) in [6, 6.07) is 11.9. The fraction of sp³-hybridized carbons (Fsp3) is 0.238. The Morgan fingerprint density at radius 1 is 1.04 bits per heavy atom. The van der Waals surface area contributed by atoms with Gasteiger partial charge in [0.15, 0.2) is 0 Å². The predicted molar refractivity (Wildman–Crippen MR) is 97.1 cm³/mol. The van der Waals surface area contributed by atoms with Crippen LogP contribution in [0.5, 0.6) is 11.5 Å². The molecule has 0 aliphatic heterocycles. The highest BCUT2D eigenvalue weighted by Gasteiger charge is 2.10. The van der Waals surface area contributed by atoms with Gasteiger partial charge in [-0.1, -0.05) is 31.2 Å². The lowest BCUT2D eigenvalue weighted by Crippen LogP contribution is -3.00. The zero-order valence-corrected chi connectivity index (χ0v) is 15.7. The molecular weight excluding hydrogens is 364 g/mol. The fourth-order valence-corrected chi connectivity index (χ4v) is 2.51. The number of hydrogen-bond donors (Lipinski definition) is 1. The van der Waals surface area contributed by atoms with Crippen LogP contribution in [-0.4, -0.2) is 11.7 Å². The minimum atomic E-state index is 0. The third kappa shape index (κ3) is 5.00. The van der Waals surface area contributed by atoms with Gasteiger partial charge in [-0.25, -0.2) is 0 Å². The molecule has 2 aromatic carbocycles. The van der Waals surface area contributed by atoms with Gasteiger partial charge in [-0.15, -0.1) is 13.2 Å². The van der Waals surface area contributed by atoms with Gasteiger partial charge in [-0.2, -0.15) is 0 Å². The standard InChI is InChI=1S/C21H24O2.BrH/c1-4-7-16-9-12-21(23-13-6-3)19(14-16)17-10-11-20(22)18(15-17)8-5-2;/h4-5,9-12,14-15,22H,1-2,6-8,13H2,3H3;1H/p-1. The van der Waals surface area contributed by atoms with Crippen LogP contribution >= 0.6 is 0 Å². The molecule has 0 unspecified atom stereocenters. The fourth-order valence-electron chi connectivity index (χ4n) is 2.51. The molecule has 0 amide bonds. The summed E-state index contributed by atoms with van der Waals surface area (Å²) in [7, 11) is 0. The van der Waals surface area contributed by atoms with Crippen LogP contribution in [0, 0.1) is 0 Å². The van der Waals surface area contributed by atoms with E-state index in [1.54, 1.807) is 12.1 Å². The number of aromatic hydroxyl groups is 1. The van der Waals surface area contributed by atoms with Crippen molar-refractivity contribution in [3.8, 4) is 22.6 Å². The number of hydrogen-bond acceptors (Lipinski definition) is 2. The summed E-state index contributed by atoms with van der Waals surface area (Å²) < 4.78 is 5.90. The Balaban J connectivity index is 0.00000288. The topological polar surface area (TPSA) is 29.5 Å². The van der Waals surface area contributed by atoms with Gasteiger partial charge in [0, 0.05) is 5.56 Å². The maximum absolute atomic E-state index is 9.97. The Kier molecular flexibility index (Phi) is 8.34. The number of benzene rings is 2. The summed E-state index contributed by atoms with van der Waals surface area (Å²) in [5.74, 6) is 1.17. The average molecular weight is 388 g/mol. The van der Waals surface area contributed by atoms with E-state index in [2.05, 4.69) is 32.2 Å². The van der Waals surface area contributed by atoms with Crippen molar-refractivity contribution >= 4 is 0 Å². The summed E-state index contributed by atoms with van der Waals surface area (Å²) in [5, 5.41) is 9.97. The normalized spacial score (nSPS) is 9.88. The van der Waals surface area contributed by atoms with Gasteiger partial charge >= 0.3 is 0 Å². The Morgan fingerprint density at radius 2 is 1.79 bits per heavy atom. The van der Waals surface area contributed by atoms with Crippen LogP contribution in [0.25, 0.3) is 11.1 Å². The maximum Gasteiger partial charge on any atom is 0.127 e. The largest absolute Gasteiger partial charge is 1.00 e. The molecule has 0 bridgehead atoms. The van der Waals surface area contributed by atoms with E-state index >= 15 is 0 Å². The van der Waals surface area contributed by atoms with Gasteiger partial charge in [0.2, 0.25) is 0 Å². The van der Waals surface area contributed by atoms with E-state index in [4.69, 9.17) is 4.74 Å². The molecule has 0 spiro atoms. The number of halogens is 1. The van der Waals surface area contributed by atoms with E-state index in [0.717, 1.165) is 35.3 Å². The van der Waals surface area contributed by atoms with E-state index in [0.29, 0.717) is 18.8 Å². The van der Waals surface area contributed by atoms with E-state index in [1.807, 2.05) is 24.3 Å². The van der Waals surface area contributed by atoms with Crippen molar-refractivity contribution < 1.29 is 26.8 Å². The van der Waals surface area contributed by atoms with Crippen molar-refractivity contribution in [1.29, 1.82) is 0 Å². The van der Waals surface area contributed by atoms with E-state index in [-0.39, 0.29) is 17.0 Å². The van der Waals surface area contributed by atoms with Gasteiger partial charge in [0.25, 0.3) is 0 Å². The van der Waals surface area contributed by atoms with E-state index in [1.165, 1.54) is 5.56 Å². The zero-order chi connectivity index (χ0) is 16.7. The Bertz CT molecular complexity index is 692. The van der Waals surface area contributed by atoms with Crippen molar-refractivity contribution in [3.63, 3.8) is 0 Å². The molecule has 3 heteroatoms. The first-order valence-corrected chi connectivity index (χ1v) is 7.99. The van der Waals surface area contributed by atoms with Crippen LogP contribution in [0.2, 0.25) is 0 Å². The molecule has 0 atom stereocenters. The van der Waals surface area contributed by atoms with Gasteiger partial charge in [-0.3, -0.25) is 0 Å². The van der Waals surface area contributed by atoms with Crippen molar-refractivity contribution in [2.75, 3.05) is 6.61 Å². The molecule has 2 aromatic rings. The third-order valence-electron chi connectivity index (χ3n) is 3.64. The van der Waals surface area contributed by atoms with Crippen molar-refractivity contribution in [1.82, 2.24) is 0 Å². The second-order valence-electron chi connectivity index (χ2n) is 5.51. The zero-order valence-electron chi connectivity index (χ0n) is 14.1. The van der Waals surface area contributed by atoms with Gasteiger partial charge in [0.05, 0.1) is 6.61 Å². The summed E-state index contributed by atoms with van der Waals surface area (Å²) in [5.41, 5.74) is 4.14. The molecule has 2 nitrogen and oxygen atoms in total. The quantitative estimate of drug-likeness (QED) is 0.704. The van der Waals surface area contributed by atoms with Crippen LogP contribution in [-0.2, 0) is 12.8 Å². The highest BCUT2D eigenvalue weighted by atomic mass is 79.9. The Hall–Kier alpha value is -2.00. The maximum atomic E-state index is 9.97. The average Bonchev–Trinajstić information content (AvgIpc) is 2.56. The number of rotatable bonds is 8. The molecule has 0 radical (unpaired) electrons. The summed E-state index contributed by atoms with van der Waals surface area (Å²) in [4.78, 5) is 0. The molecule has 1 N–H and O–H groups in total. The van der Waals surface area contributed by atoms with Crippen LogP contribution in [0.15, 0.2) is 61.7 Å². The monoisotopic (exact) mass is 387 g/mol. The van der Waals surface area contributed by atoms with Crippen LogP contribution in [0.1, 0.15) is 24.5 Å². The SMILES string of the molecule is C=CCc1ccc(OCCC)c(-c2ccc(O)c(CC=C)c2)c1.[Br-]. The molecule has 0 saturated heterocycles. The first kappa shape index (κ1) is 20.0. The molecule has 24 heavy (non-hydrogen) atoms. The highest BCUT2D eigenvalue weighted by Crippen LogP contribution is 2.34. The minimum absolute atomic E-state index is 0. The van der Waals surface area contributed by atoms with Gasteiger partial charge < -0.3 is 26.8 Å². The predicted octanol–water partition coefficient (Wildman–Crippen LogP) is 2.31. The summed E-state index contributed by atoms with van der Waals surface area (Å²) >= 11 is 0. The lowest BCUT2D eigenvalue weighted by Gasteiger charge is -2.14. The smallest absolute Gasteiger partial charge is 0.127 e. The lowest BCUT2D eigenvalue weighted by molar-refractivity contribution is -0.00000609. The summed E-state index contributed by atoms with van der Waals surface area (Å²) in [6.07, 6.45) is 6.11. The molecule has 0 aromatic heterocycles. The first-order valence-electron chi connectivity index (χ1n) is 7.99. The highest BCUT2D eigenvalue weighted by molar-refractivity contribution is 5.72. The van der Waals surface area contributed by atoms with Gasteiger partial charge in [0.1, 0.15) is 11.5 Å². The molecule has 2 rings (SSSR count). The molecule has 0 aliphatic carbocycles. The van der Waals surface area contributed by atoms with Crippen LogP contribution in [0.3, 0.4) is 0 Å². The van der Waals surface area contributed by atoms with Crippen molar-refractivity contribution in [2.24, 2.45) is 0 Å². The Morgan fingerprint density at radius 3 is 2.46 bits per heavy atom. The molecule has 128 valence electrons. The molecule has 0 saturated carbocycles.